The van der Waals surface area contributed by atoms with Crippen molar-refractivity contribution in [3.63, 3.8) is 0 Å². The molecule has 0 saturated heterocycles. The van der Waals surface area contributed by atoms with Crippen LogP contribution in [0.5, 0.6) is 0 Å². The number of hydrogen-bond donors (Lipinski definition) is 1. The SMILES string of the molecule is Cc1ccccc1-c1c([C@@H](C)O)oc2cccc(F)c2c1=O. The second kappa shape index (κ2) is 5.39. The summed E-state index contributed by atoms with van der Waals surface area (Å²) in [5, 5.41) is 9.89. The first-order valence-electron chi connectivity index (χ1n) is 7.00. The Kier molecular flexibility index (Phi) is 3.54. The Morgan fingerprint density at radius 1 is 1.14 bits per heavy atom. The van der Waals surface area contributed by atoms with Crippen LogP contribution in [0.3, 0.4) is 0 Å². The minimum atomic E-state index is -0.977. The smallest absolute Gasteiger partial charge is 0.203 e. The van der Waals surface area contributed by atoms with Gasteiger partial charge in [0.15, 0.2) is 0 Å². The van der Waals surface area contributed by atoms with E-state index in [0.29, 0.717) is 5.56 Å². The van der Waals surface area contributed by atoms with E-state index in [2.05, 4.69) is 0 Å². The van der Waals surface area contributed by atoms with E-state index in [1.165, 1.54) is 25.1 Å². The molecule has 0 spiro atoms. The van der Waals surface area contributed by atoms with Gasteiger partial charge in [0.2, 0.25) is 5.43 Å². The molecule has 1 heterocycles. The van der Waals surface area contributed by atoms with Crippen LogP contribution in [-0.4, -0.2) is 5.11 Å². The van der Waals surface area contributed by atoms with E-state index >= 15 is 0 Å². The van der Waals surface area contributed by atoms with Gasteiger partial charge in [0.1, 0.15) is 28.7 Å². The van der Waals surface area contributed by atoms with Crippen molar-refractivity contribution in [3.05, 3.63) is 69.8 Å². The molecule has 0 fully saturated rings. The molecule has 3 rings (SSSR count). The largest absolute Gasteiger partial charge is 0.457 e. The summed E-state index contributed by atoms with van der Waals surface area (Å²) in [6.45, 7) is 3.37. The monoisotopic (exact) mass is 298 g/mol. The Balaban J connectivity index is 2.50. The fraction of sp³-hybridized carbons (Fsp3) is 0.167. The summed E-state index contributed by atoms with van der Waals surface area (Å²) in [5.74, 6) is -0.476. The zero-order chi connectivity index (χ0) is 15.9. The van der Waals surface area contributed by atoms with Crippen LogP contribution in [-0.2, 0) is 0 Å². The van der Waals surface area contributed by atoms with Crippen LogP contribution in [0.25, 0.3) is 22.1 Å². The molecule has 2 aromatic carbocycles. The summed E-state index contributed by atoms with van der Waals surface area (Å²) in [6, 6.07) is 11.5. The molecule has 0 amide bonds. The Bertz CT molecular complexity index is 910. The van der Waals surface area contributed by atoms with Crippen molar-refractivity contribution < 1.29 is 13.9 Å². The average Bonchev–Trinajstić information content (AvgIpc) is 2.48. The van der Waals surface area contributed by atoms with Crippen LogP contribution in [0.2, 0.25) is 0 Å². The maximum atomic E-state index is 14.1. The molecular weight excluding hydrogens is 283 g/mol. The van der Waals surface area contributed by atoms with E-state index in [0.717, 1.165) is 5.56 Å². The normalized spacial score (nSPS) is 12.5. The lowest BCUT2D eigenvalue weighted by atomic mass is 9.96. The molecule has 3 aromatic rings. The molecule has 0 radical (unpaired) electrons. The molecule has 112 valence electrons. The number of aliphatic hydroxyl groups excluding tert-OH is 1. The van der Waals surface area contributed by atoms with Gasteiger partial charge in [-0.3, -0.25) is 4.79 Å². The Morgan fingerprint density at radius 2 is 1.86 bits per heavy atom. The molecule has 22 heavy (non-hydrogen) atoms. The fourth-order valence-electron chi connectivity index (χ4n) is 2.62. The third-order valence-corrected chi connectivity index (χ3v) is 3.69. The Labute approximate surface area is 126 Å². The molecule has 0 aliphatic rings. The van der Waals surface area contributed by atoms with Crippen LogP contribution in [0.15, 0.2) is 51.7 Å². The summed E-state index contributed by atoms with van der Waals surface area (Å²) in [4.78, 5) is 12.8. The van der Waals surface area contributed by atoms with Gasteiger partial charge in [0.25, 0.3) is 0 Å². The first kappa shape index (κ1) is 14.5. The van der Waals surface area contributed by atoms with Crippen molar-refractivity contribution >= 4 is 11.0 Å². The van der Waals surface area contributed by atoms with E-state index in [1.54, 1.807) is 12.1 Å². The van der Waals surface area contributed by atoms with E-state index in [4.69, 9.17) is 4.42 Å². The van der Waals surface area contributed by atoms with Crippen LogP contribution in [0.4, 0.5) is 4.39 Å². The second-order valence-electron chi connectivity index (χ2n) is 5.27. The summed E-state index contributed by atoms with van der Waals surface area (Å²) >= 11 is 0. The highest BCUT2D eigenvalue weighted by Gasteiger charge is 2.22. The van der Waals surface area contributed by atoms with Gasteiger partial charge in [-0.15, -0.1) is 0 Å². The van der Waals surface area contributed by atoms with Crippen LogP contribution in [0, 0.1) is 12.7 Å². The molecule has 0 saturated carbocycles. The van der Waals surface area contributed by atoms with E-state index in [9.17, 15) is 14.3 Å². The molecule has 0 aliphatic heterocycles. The highest BCUT2D eigenvalue weighted by Crippen LogP contribution is 2.31. The molecule has 1 atom stereocenters. The maximum absolute atomic E-state index is 14.1. The van der Waals surface area contributed by atoms with E-state index in [-0.39, 0.29) is 22.3 Å². The number of benzene rings is 2. The van der Waals surface area contributed by atoms with Gasteiger partial charge in [0, 0.05) is 0 Å². The van der Waals surface area contributed by atoms with Crippen molar-refractivity contribution in [1.82, 2.24) is 0 Å². The Hall–Kier alpha value is -2.46. The topological polar surface area (TPSA) is 50.4 Å². The standard InChI is InChI=1S/C18H15FO3/c1-10-6-3-4-7-12(10)15-17(21)16-13(19)8-5-9-14(16)22-18(15)11(2)20/h3-9,11,20H,1-2H3/t11-/m1/s1. The minimum absolute atomic E-state index is 0.0925. The minimum Gasteiger partial charge on any atom is -0.457 e. The number of fused-ring (bicyclic) bond motifs is 1. The van der Waals surface area contributed by atoms with Crippen molar-refractivity contribution in [2.75, 3.05) is 0 Å². The fourth-order valence-corrected chi connectivity index (χ4v) is 2.62. The number of hydrogen-bond acceptors (Lipinski definition) is 3. The van der Waals surface area contributed by atoms with E-state index in [1.807, 2.05) is 19.1 Å². The predicted octanol–water partition coefficient (Wildman–Crippen LogP) is 3.96. The van der Waals surface area contributed by atoms with E-state index < -0.39 is 17.3 Å². The van der Waals surface area contributed by atoms with Crippen LogP contribution >= 0.6 is 0 Å². The van der Waals surface area contributed by atoms with Crippen LogP contribution < -0.4 is 5.43 Å². The summed E-state index contributed by atoms with van der Waals surface area (Å²) in [5.41, 5.74) is 1.37. The zero-order valence-electron chi connectivity index (χ0n) is 12.3. The molecule has 3 nitrogen and oxygen atoms in total. The van der Waals surface area contributed by atoms with Gasteiger partial charge in [-0.25, -0.2) is 4.39 Å². The highest BCUT2D eigenvalue weighted by atomic mass is 19.1. The molecule has 0 aliphatic carbocycles. The molecule has 0 bridgehead atoms. The summed E-state index contributed by atoms with van der Waals surface area (Å²) in [6.07, 6.45) is -0.977. The van der Waals surface area contributed by atoms with Gasteiger partial charge in [-0.1, -0.05) is 30.3 Å². The van der Waals surface area contributed by atoms with Gasteiger partial charge in [-0.2, -0.15) is 0 Å². The number of aryl methyl sites for hydroxylation is 1. The quantitative estimate of drug-likeness (QED) is 0.779. The van der Waals surface area contributed by atoms with Gasteiger partial charge < -0.3 is 9.52 Å². The summed E-state index contributed by atoms with van der Waals surface area (Å²) < 4.78 is 19.7. The molecular formula is C18H15FO3. The van der Waals surface area contributed by atoms with Crippen molar-refractivity contribution in [3.8, 4) is 11.1 Å². The second-order valence-corrected chi connectivity index (χ2v) is 5.27. The van der Waals surface area contributed by atoms with Crippen molar-refractivity contribution in [2.45, 2.75) is 20.0 Å². The maximum Gasteiger partial charge on any atom is 0.203 e. The lowest BCUT2D eigenvalue weighted by molar-refractivity contribution is 0.171. The Morgan fingerprint density at radius 3 is 2.55 bits per heavy atom. The number of halogens is 1. The van der Waals surface area contributed by atoms with Gasteiger partial charge in [-0.05, 0) is 37.1 Å². The first-order chi connectivity index (χ1) is 10.5. The lowest BCUT2D eigenvalue weighted by Gasteiger charge is -2.14. The zero-order valence-corrected chi connectivity index (χ0v) is 12.3. The number of aliphatic hydroxyl groups is 1. The molecule has 1 aromatic heterocycles. The van der Waals surface area contributed by atoms with Gasteiger partial charge in [0.05, 0.1) is 5.56 Å². The first-order valence-corrected chi connectivity index (χ1v) is 7.00. The lowest BCUT2D eigenvalue weighted by Crippen LogP contribution is -2.12. The number of rotatable bonds is 2. The predicted molar refractivity (Wildman–Crippen MR) is 83.2 cm³/mol. The molecule has 1 N–H and O–H groups in total. The molecule has 0 unspecified atom stereocenters. The average molecular weight is 298 g/mol. The van der Waals surface area contributed by atoms with Crippen molar-refractivity contribution in [1.29, 1.82) is 0 Å². The third-order valence-electron chi connectivity index (χ3n) is 3.69. The summed E-state index contributed by atoms with van der Waals surface area (Å²) in [7, 11) is 0. The van der Waals surface area contributed by atoms with Crippen molar-refractivity contribution in [2.24, 2.45) is 0 Å². The van der Waals surface area contributed by atoms with Crippen LogP contribution in [0.1, 0.15) is 24.4 Å². The molecule has 4 heteroatoms. The van der Waals surface area contributed by atoms with Gasteiger partial charge >= 0.3 is 0 Å². The third kappa shape index (κ3) is 2.22. The highest BCUT2D eigenvalue weighted by molar-refractivity contribution is 5.84.